The van der Waals surface area contributed by atoms with Crippen LogP contribution in [0, 0.1) is 16.6 Å². The minimum Gasteiger partial charge on any atom is -0.383 e. The molecule has 0 spiro atoms. The van der Waals surface area contributed by atoms with Crippen LogP contribution in [0.4, 0.5) is 0 Å². The summed E-state index contributed by atoms with van der Waals surface area (Å²) in [6, 6.07) is 5.17. The van der Waals surface area contributed by atoms with Crippen molar-refractivity contribution in [3.05, 3.63) is 38.9 Å². The monoisotopic (exact) mass is 375 g/mol. The van der Waals surface area contributed by atoms with Gasteiger partial charge < -0.3 is 14.6 Å². The molecule has 1 aromatic heterocycles. The van der Waals surface area contributed by atoms with E-state index in [1.807, 2.05) is 4.90 Å². The first-order valence-corrected chi connectivity index (χ1v) is 9.36. The Kier molecular flexibility index (Phi) is 5.58. The molecule has 1 saturated heterocycles. The number of benzene rings is 1. The van der Waals surface area contributed by atoms with Gasteiger partial charge in [-0.25, -0.2) is 0 Å². The van der Waals surface area contributed by atoms with Crippen LogP contribution in [-0.4, -0.2) is 47.2 Å². The second-order valence-corrected chi connectivity index (χ2v) is 7.68. The van der Waals surface area contributed by atoms with Gasteiger partial charge in [-0.2, -0.15) is 0 Å². The first kappa shape index (κ1) is 18.8. The minimum absolute atomic E-state index is 0.00757. The fourth-order valence-corrected chi connectivity index (χ4v) is 4.07. The fraction of sp³-hybridized carbons (Fsp3) is 0.526. The van der Waals surface area contributed by atoms with Crippen LogP contribution in [0.25, 0.3) is 10.9 Å². The van der Waals surface area contributed by atoms with E-state index in [2.05, 4.69) is 18.8 Å². The molecule has 3 rings (SSSR count). The lowest BCUT2D eigenvalue weighted by atomic mass is 9.91. The average Bonchev–Trinajstić information content (AvgIpc) is 2.59. The molecule has 2 heterocycles. The molecule has 1 N–H and O–H groups in total. The number of nitrogens with zero attached hydrogens (tertiary/aromatic N) is 2. The van der Waals surface area contributed by atoms with Crippen molar-refractivity contribution >= 4 is 29.0 Å². The average molecular weight is 375 g/mol. The van der Waals surface area contributed by atoms with Crippen molar-refractivity contribution in [2.24, 2.45) is 11.8 Å². The molecule has 6 nitrogen and oxygen atoms in total. The van der Waals surface area contributed by atoms with Crippen LogP contribution >= 0.6 is 12.2 Å². The van der Waals surface area contributed by atoms with Crippen LogP contribution in [0.2, 0.25) is 0 Å². The Morgan fingerprint density at radius 1 is 1.31 bits per heavy atom. The summed E-state index contributed by atoms with van der Waals surface area (Å²) in [5.74, 6) is 1.01. The van der Waals surface area contributed by atoms with Gasteiger partial charge in [0.25, 0.3) is 11.5 Å². The summed E-state index contributed by atoms with van der Waals surface area (Å²) in [5.41, 5.74) is 1.01. The van der Waals surface area contributed by atoms with Gasteiger partial charge in [-0.1, -0.05) is 13.8 Å². The van der Waals surface area contributed by atoms with E-state index in [1.54, 1.807) is 25.3 Å². The van der Waals surface area contributed by atoms with Crippen LogP contribution in [0.15, 0.2) is 23.0 Å². The number of hydrogen-bond acceptors (Lipinski definition) is 4. The lowest BCUT2D eigenvalue weighted by Gasteiger charge is -2.35. The van der Waals surface area contributed by atoms with Gasteiger partial charge in [0, 0.05) is 25.8 Å². The number of rotatable bonds is 4. The Morgan fingerprint density at radius 2 is 2.00 bits per heavy atom. The molecular weight excluding hydrogens is 350 g/mol. The van der Waals surface area contributed by atoms with Gasteiger partial charge in [0.1, 0.15) is 0 Å². The zero-order valence-corrected chi connectivity index (χ0v) is 16.3. The maximum Gasteiger partial charge on any atom is 0.262 e. The number of carbonyl (C=O) groups is 1. The van der Waals surface area contributed by atoms with Crippen LogP contribution < -0.4 is 5.56 Å². The number of amides is 1. The summed E-state index contributed by atoms with van der Waals surface area (Å²) in [6.07, 6.45) is 1.15. The van der Waals surface area contributed by atoms with Crippen LogP contribution in [0.3, 0.4) is 0 Å². The highest BCUT2D eigenvalue weighted by Gasteiger charge is 2.26. The number of methoxy groups -OCH3 is 1. The molecule has 0 radical (unpaired) electrons. The van der Waals surface area contributed by atoms with E-state index in [9.17, 15) is 9.59 Å². The van der Waals surface area contributed by atoms with Crippen molar-refractivity contribution in [1.82, 2.24) is 14.5 Å². The van der Waals surface area contributed by atoms with Crippen LogP contribution in [0.1, 0.15) is 30.6 Å². The summed E-state index contributed by atoms with van der Waals surface area (Å²) in [7, 11) is 1.58. The summed E-state index contributed by atoms with van der Waals surface area (Å²) in [6.45, 7) is 6.70. The molecule has 2 aromatic rings. The van der Waals surface area contributed by atoms with E-state index in [1.165, 1.54) is 4.57 Å². The summed E-state index contributed by atoms with van der Waals surface area (Å²) >= 11 is 5.30. The van der Waals surface area contributed by atoms with Gasteiger partial charge in [0.15, 0.2) is 4.77 Å². The number of nitrogens with one attached hydrogen (secondary N) is 1. The Hall–Kier alpha value is -1.99. The number of hydrogen-bond donors (Lipinski definition) is 1. The van der Waals surface area contributed by atoms with Crippen molar-refractivity contribution < 1.29 is 9.53 Å². The molecule has 1 fully saturated rings. The van der Waals surface area contributed by atoms with Crippen molar-refractivity contribution in [1.29, 1.82) is 0 Å². The van der Waals surface area contributed by atoms with E-state index >= 15 is 0 Å². The Labute approximate surface area is 157 Å². The zero-order valence-electron chi connectivity index (χ0n) is 15.4. The van der Waals surface area contributed by atoms with Gasteiger partial charge in [0.2, 0.25) is 0 Å². The third-order valence-corrected chi connectivity index (χ3v) is 5.23. The van der Waals surface area contributed by atoms with E-state index < -0.39 is 0 Å². The number of likely N-dealkylation sites (tertiary alicyclic amines) is 1. The van der Waals surface area contributed by atoms with Crippen molar-refractivity contribution in [2.45, 2.75) is 26.8 Å². The van der Waals surface area contributed by atoms with Gasteiger partial charge in [-0.3, -0.25) is 14.2 Å². The Balaban J connectivity index is 1.95. The lowest BCUT2D eigenvalue weighted by molar-refractivity contribution is 0.0623. The Bertz CT molecular complexity index is 924. The molecule has 1 amide bonds. The molecule has 1 aliphatic heterocycles. The van der Waals surface area contributed by atoms with E-state index in [4.69, 9.17) is 17.0 Å². The smallest absolute Gasteiger partial charge is 0.262 e. The molecule has 0 bridgehead atoms. The Morgan fingerprint density at radius 3 is 2.65 bits per heavy atom. The number of piperidine rings is 1. The molecule has 2 atom stereocenters. The van der Waals surface area contributed by atoms with Crippen molar-refractivity contribution in [3.8, 4) is 0 Å². The lowest BCUT2D eigenvalue weighted by Crippen LogP contribution is -2.42. The number of ether oxygens (including phenoxy) is 1. The van der Waals surface area contributed by atoms with Crippen LogP contribution in [-0.2, 0) is 11.3 Å². The van der Waals surface area contributed by atoms with Gasteiger partial charge in [-0.05, 0) is 48.7 Å². The SMILES string of the molecule is COCCn1c(=S)[nH]c2cc(C(=O)N3C[C@H](C)C[C@H](C)C3)ccc2c1=O. The summed E-state index contributed by atoms with van der Waals surface area (Å²) < 4.78 is 6.85. The van der Waals surface area contributed by atoms with Gasteiger partial charge >= 0.3 is 0 Å². The number of carbonyl (C=O) groups excluding carboxylic acids is 1. The standard InChI is InChI=1S/C19H25N3O3S/c1-12-8-13(2)11-21(10-12)17(23)14-4-5-15-16(9-14)20-19(26)22(18(15)24)6-7-25-3/h4-5,9,12-13H,6-8,10-11H2,1-3H3,(H,20,26)/t12-,13+. The number of fused-ring (bicyclic) bond motifs is 1. The predicted molar refractivity (Wildman–Crippen MR) is 104 cm³/mol. The maximum absolute atomic E-state index is 12.9. The third-order valence-electron chi connectivity index (χ3n) is 4.90. The molecular formula is C19H25N3O3S. The van der Waals surface area contributed by atoms with Crippen LogP contribution in [0.5, 0.6) is 0 Å². The van der Waals surface area contributed by atoms with E-state index in [-0.39, 0.29) is 11.5 Å². The summed E-state index contributed by atoms with van der Waals surface area (Å²) in [5, 5.41) is 0.520. The minimum atomic E-state index is -0.167. The molecule has 0 saturated carbocycles. The molecule has 1 aromatic carbocycles. The molecule has 1 aliphatic rings. The largest absolute Gasteiger partial charge is 0.383 e. The second kappa shape index (κ2) is 7.72. The molecule has 26 heavy (non-hydrogen) atoms. The normalized spacial score (nSPS) is 20.5. The van der Waals surface area contributed by atoms with Gasteiger partial charge in [-0.15, -0.1) is 0 Å². The van der Waals surface area contributed by atoms with E-state index in [0.29, 0.717) is 46.2 Å². The second-order valence-electron chi connectivity index (χ2n) is 7.30. The molecule has 7 heteroatoms. The molecule has 0 aliphatic carbocycles. The van der Waals surface area contributed by atoms with Crippen molar-refractivity contribution in [2.75, 3.05) is 26.8 Å². The number of aromatic nitrogens is 2. The first-order valence-electron chi connectivity index (χ1n) is 8.95. The molecule has 140 valence electrons. The van der Waals surface area contributed by atoms with E-state index in [0.717, 1.165) is 19.5 Å². The quantitative estimate of drug-likeness (QED) is 0.835. The fourth-order valence-electron chi connectivity index (χ4n) is 3.78. The van der Waals surface area contributed by atoms with Crippen molar-refractivity contribution in [3.63, 3.8) is 0 Å². The van der Waals surface area contributed by atoms with Gasteiger partial charge in [0.05, 0.1) is 24.1 Å². The third kappa shape index (κ3) is 3.73. The maximum atomic E-state index is 12.9. The number of H-pyrrole nitrogens is 1. The highest BCUT2D eigenvalue weighted by atomic mass is 32.1. The predicted octanol–water partition coefficient (Wildman–Crippen LogP) is 2.82. The highest BCUT2D eigenvalue weighted by molar-refractivity contribution is 7.71. The first-order chi connectivity index (χ1) is 12.4. The zero-order chi connectivity index (χ0) is 18.8. The highest BCUT2D eigenvalue weighted by Crippen LogP contribution is 2.23. The molecule has 0 unspecified atom stereocenters. The number of aromatic amines is 1. The topological polar surface area (TPSA) is 67.3 Å². The summed E-state index contributed by atoms with van der Waals surface area (Å²) in [4.78, 5) is 30.5.